The third kappa shape index (κ3) is 5.04. The number of aryl methyl sites for hydroxylation is 1. The molecule has 0 bridgehead atoms. The molecule has 10 heteroatoms. The van der Waals surface area contributed by atoms with Crippen LogP contribution in [-0.2, 0) is 14.3 Å². The average molecular weight is 440 g/mol. The lowest BCUT2D eigenvalue weighted by atomic mass is 10.0. The van der Waals surface area contributed by atoms with E-state index in [2.05, 4.69) is 15.3 Å². The maximum atomic E-state index is 12.7. The van der Waals surface area contributed by atoms with Crippen LogP contribution in [0, 0.1) is 6.92 Å². The number of carbonyl (C=O) groups is 3. The summed E-state index contributed by atoms with van der Waals surface area (Å²) in [6.07, 6.45) is 2.62. The van der Waals surface area contributed by atoms with Crippen molar-refractivity contribution in [1.82, 2.24) is 9.97 Å². The number of thiophene rings is 1. The molecule has 1 aromatic carbocycles. The van der Waals surface area contributed by atoms with E-state index in [0.29, 0.717) is 10.6 Å². The predicted molar refractivity (Wildman–Crippen MR) is 116 cm³/mol. The highest BCUT2D eigenvalue weighted by molar-refractivity contribution is 7.17. The Morgan fingerprint density at radius 2 is 1.77 bits per heavy atom. The van der Waals surface area contributed by atoms with Gasteiger partial charge in [-0.3, -0.25) is 4.79 Å². The van der Waals surface area contributed by atoms with Crippen LogP contribution in [0.5, 0.6) is 0 Å². The number of amides is 1. The van der Waals surface area contributed by atoms with Gasteiger partial charge in [0.05, 0.1) is 6.61 Å². The first-order valence-electron chi connectivity index (χ1n) is 9.31. The van der Waals surface area contributed by atoms with Crippen LogP contribution in [-0.4, -0.2) is 41.0 Å². The minimum absolute atomic E-state index is 0.0983. The Labute approximate surface area is 182 Å². The molecule has 3 rings (SSSR count). The number of benzene rings is 1. The number of esters is 2. The number of nitrogens with zero attached hydrogens (tertiary/aromatic N) is 2. The molecule has 0 saturated heterocycles. The molecular formula is C21H20N4O5S. The molecule has 2 heterocycles. The maximum absolute atomic E-state index is 12.7. The normalized spacial score (nSPS) is 10.4. The third-order valence-electron chi connectivity index (χ3n) is 4.13. The fourth-order valence-electron chi connectivity index (χ4n) is 2.85. The molecule has 0 aliphatic rings. The molecule has 0 aliphatic carbocycles. The predicted octanol–water partition coefficient (Wildman–Crippen LogP) is 3.07. The molecule has 3 N–H and O–H groups in total. The SMILES string of the molecule is CCOC(=O)c1c(NC(=O)COC(=O)c2nccnc2N)sc(C)c1-c1ccccc1. The van der Waals surface area contributed by atoms with Crippen LogP contribution in [0.3, 0.4) is 0 Å². The topological polar surface area (TPSA) is 134 Å². The van der Waals surface area contributed by atoms with Crippen LogP contribution >= 0.6 is 11.3 Å². The molecule has 0 aliphatic heterocycles. The van der Waals surface area contributed by atoms with Gasteiger partial charge in [-0.05, 0) is 19.4 Å². The molecule has 9 nitrogen and oxygen atoms in total. The monoisotopic (exact) mass is 440 g/mol. The first kappa shape index (κ1) is 21.9. The van der Waals surface area contributed by atoms with Gasteiger partial charge in [0.15, 0.2) is 18.1 Å². The van der Waals surface area contributed by atoms with Crippen molar-refractivity contribution in [2.24, 2.45) is 0 Å². The van der Waals surface area contributed by atoms with Crippen LogP contribution < -0.4 is 11.1 Å². The van der Waals surface area contributed by atoms with E-state index >= 15 is 0 Å². The molecule has 0 radical (unpaired) electrons. The van der Waals surface area contributed by atoms with Crippen LogP contribution in [0.25, 0.3) is 11.1 Å². The number of nitrogens with one attached hydrogen (secondary N) is 1. The minimum Gasteiger partial charge on any atom is -0.462 e. The largest absolute Gasteiger partial charge is 0.462 e. The second-order valence-electron chi connectivity index (χ2n) is 6.24. The van der Waals surface area contributed by atoms with E-state index < -0.39 is 24.5 Å². The molecular weight excluding hydrogens is 420 g/mol. The average Bonchev–Trinajstić information content (AvgIpc) is 3.08. The van der Waals surface area contributed by atoms with E-state index in [4.69, 9.17) is 15.2 Å². The fourth-order valence-corrected chi connectivity index (χ4v) is 3.93. The van der Waals surface area contributed by atoms with Gasteiger partial charge in [0.1, 0.15) is 10.6 Å². The number of hydrogen-bond donors (Lipinski definition) is 2. The van der Waals surface area contributed by atoms with E-state index in [1.165, 1.54) is 23.7 Å². The van der Waals surface area contributed by atoms with Crippen molar-refractivity contribution < 1.29 is 23.9 Å². The number of nitrogen functional groups attached to an aromatic ring is 1. The number of carbonyl (C=O) groups excluding carboxylic acids is 3. The summed E-state index contributed by atoms with van der Waals surface area (Å²) < 4.78 is 10.2. The van der Waals surface area contributed by atoms with Gasteiger partial charge in [-0.2, -0.15) is 0 Å². The van der Waals surface area contributed by atoms with Crippen molar-refractivity contribution in [3.8, 4) is 11.1 Å². The summed E-state index contributed by atoms with van der Waals surface area (Å²) in [7, 11) is 0. The van der Waals surface area contributed by atoms with Gasteiger partial charge in [0, 0.05) is 22.8 Å². The highest BCUT2D eigenvalue weighted by Crippen LogP contribution is 2.40. The Morgan fingerprint density at radius 3 is 2.45 bits per heavy atom. The van der Waals surface area contributed by atoms with Gasteiger partial charge in [0.25, 0.3) is 5.91 Å². The zero-order valence-corrected chi connectivity index (χ0v) is 17.7. The van der Waals surface area contributed by atoms with Crippen molar-refractivity contribution in [2.45, 2.75) is 13.8 Å². The summed E-state index contributed by atoms with van der Waals surface area (Å²) in [5, 5.41) is 2.95. The smallest absolute Gasteiger partial charge is 0.361 e. The molecule has 0 saturated carbocycles. The second kappa shape index (κ2) is 9.81. The number of hydrogen-bond acceptors (Lipinski definition) is 9. The van der Waals surface area contributed by atoms with Gasteiger partial charge in [-0.25, -0.2) is 19.6 Å². The van der Waals surface area contributed by atoms with E-state index in [9.17, 15) is 14.4 Å². The summed E-state index contributed by atoms with van der Waals surface area (Å²) in [6.45, 7) is 3.15. The quantitative estimate of drug-likeness (QED) is 0.536. The molecule has 1 amide bonds. The van der Waals surface area contributed by atoms with Gasteiger partial charge < -0.3 is 20.5 Å². The Morgan fingerprint density at radius 1 is 1.06 bits per heavy atom. The summed E-state index contributed by atoms with van der Waals surface area (Å²) in [6, 6.07) is 9.33. The lowest BCUT2D eigenvalue weighted by Crippen LogP contribution is -2.22. The molecule has 0 spiro atoms. The third-order valence-corrected chi connectivity index (χ3v) is 5.15. The Kier molecular flexibility index (Phi) is 6.93. The van der Waals surface area contributed by atoms with Gasteiger partial charge in [-0.1, -0.05) is 30.3 Å². The Bertz CT molecular complexity index is 1110. The lowest BCUT2D eigenvalue weighted by molar-refractivity contribution is -0.119. The number of nitrogens with two attached hydrogens (primary N) is 1. The molecule has 31 heavy (non-hydrogen) atoms. The molecule has 0 fully saturated rings. The van der Waals surface area contributed by atoms with Crippen molar-refractivity contribution >= 4 is 40.0 Å². The zero-order valence-electron chi connectivity index (χ0n) is 16.9. The lowest BCUT2D eigenvalue weighted by Gasteiger charge is -2.09. The van der Waals surface area contributed by atoms with Crippen LogP contribution in [0.4, 0.5) is 10.8 Å². The second-order valence-corrected chi connectivity index (χ2v) is 7.46. The first-order valence-corrected chi connectivity index (χ1v) is 10.1. The van der Waals surface area contributed by atoms with Crippen molar-refractivity contribution in [1.29, 1.82) is 0 Å². The van der Waals surface area contributed by atoms with Gasteiger partial charge >= 0.3 is 11.9 Å². The van der Waals surface area contributed by atoms with Crippen molar-refractivity contribution in [2.75, 3.05) is 24.3 Å². The number of aromatic nitrogens is 2. The molecule has 2 aromatic heterocycles. The summed E-state index contributed by atoms with van der Waals surface area (Å²) in [5.41, 5.74) is 7.17. The number of rotatable bonds is 7. The molecule has 0 atom stereocenters. The summed E-state index contributed by atoms with van der Waals surface area (Å²) >= 11 is 1.24. The van der Waals surface area contributed by atoms with E-state index in [1.807, 2.05) is 37.3 Å². The van der Waals surface area contributed by atoms with E-state index in [0.717, 1.165) is 10.4 Å². The highest BCUT2D eigenvalue weighted by atomic mass is 32.1. The van der Waals surface area contributed by atoms with Crippen molar-refractivity contribution in [3.63, 3.8) is 0 Å². The minimum atomic E-state index is -0.876. The molecule has 160 valence electrons. The maximum Gasteiger partial charge on any atom is 0.361 e. The van der Waals surface area contributed by atoms with E-state index in [1.54, 1.807) is 6.92 Å². The van der Waals surface area contributed by atoms with Gasteiger partial charge in [-0.15, -0.1) is 11.3 Å². The Balaban J connectivity index is 1.80. The highest BCUT2D eigenvalue weighted by Gasteiger charge is 2.26. The number of ether oxygens (including phenoxy) is 2. The van der Waals surface area contributed by atoms with Gasteiger partial charge in [0.2, 0.25) is 0 Å². The Hall–Kier alpha value is -3.79. The van der Waals surface area contributed by atoms with Crippen LogP contribution in [0.15, 0.2) is 42.7 Å². The van der Waals surface area contributed by atoms with Crippen LogP contribution in [0.2, 0.25) is 0 Å². The van der Waals surface area contributed by atoms with Crippen molar-refractivity contribution in [3.05, 3.63) is 58.9 Å². The standard InChI is InChI=1S/C21H20N4O5S/c1-3-29-20(27)16-15(13-7-5-4-6-8-13)12(2)31-19(16)25-14(26)11-30-21(28)17-18(22)24-10-9-23-17/h4-10H,3,11H2,1-2H3,(H2,22,24)(H,25,26). The molecule has 0 unspecified atom stereocenters. The number of anilines is 2. The van der Waals surface area contributed by atoms with E-state index in [-0.39, 0.29) is 23.7 Å². The zero-order chi connectivity index (χ0) is 22.4. The first-order chi connectivity index (χ1) is 14.9. The fraction of sp³-hybridized carbons (Fsp3) is 0.190. The van der Waals surface area contributed by atoms with Crippen LogP contribution in [0.1, 0.15) is 32.6 Å². The molecule has 3 aromatic rings. The summed E-state index contributed by atoms with van der Waals surface area (Å²) in [5.74, 6) is -2.15. The summed E-state index contributed by atoms with van der Waals surface area (Å²) in [4.78, 5) is 45.5.